The number of carbonyl (C=O) groups excluding carboxylic acids is 1. The molecule has 2 aromatic carbocycles. The summed E-state index contributed by atoms with van der Waals surface area (Å²) in [5, 5.41) is 0.476. The van der Waals surface area contributed by atoms with Gasteiger partial charge in [-0.05, 0) is 50.1 Å². The molecule has 3 aromatic rings. The van der Waals surface area contributed by atoms with Crippen LogP contribution in [0.1, 0.15) is 37.4 Å². The first-order valence-electron chi connectivity index (χ1n) is 11.2. The van der Waals surface area contributed by atoms with Crippen molar-refractivity contribution >= 4 is 17.6 Å². The number of nitrogens with two attached hydrogens (primary N) is 1. The molecule has 0 spiro atoms. The lowest BCUT2D eigenvalue weighted by Crippen LogP contribution is -2.25. The normalized spacial score (nSPS) is 12.4. The van der Waals surface area contributed by atoms with E-state index in [2.05, 4.69) is 4.98 Å². The van der Waals surface area contributed by atoms with E-state index >= 15 is 0 Å². The van der Waals surface area contributed by atoms with E-state index in [4.69, 9.17) is 26.8 Å². The van der Waals surface area contributed by atoms with Crippen LogP contribution in [-0.2, 0) is 22.3 Å². The van der Waals surface area contributed by atoms with Crippen LogP contribution in [0.5, 0.6) is 5.75 Å². The van der Waals surface area contributed by atoms with Crippen molar-refractivity contribution in [1.82, 2.24) is 9.55 Å². The van der Waals surface area contributed by atoms with E-state index in [1.165, 1.54) is 0 Å². The van der Waals surface area contributed by atoms with E-state index in [1.54, 1.807) is 55.5 Å². The maximum atomic E-state index is 13.7. The van der Waals surface area contributed by atoms with Gasteiger partial charge in [0, 0.05) is 22.2 Å². The van der Waals surface area contributed by atoms with Crippen LogP contribution in [-0.4, -0.2) is 34.8 Å². The minimum absolute atomic E-state index is 0.0919. The second-order valence-electron chi connectivity index (χ2n) is 7.93. The van der Waals surface area contributed by atoms with Gasteiger partial charge in [-0.2, -0.15) is 13.2 Å². The van der Waals surface area contributed by atoms with Gasteiger partial charge in [0.1, 0.15) is 17.3 Å². The highest BCUT2D eigenvalue weighted by Crippen LogP contribution is 2.34. The molecule has 35 heavy (non-hydrogen) atoms. The minimum Gasteiger partial charge on any atom is -0.493 e. The topological polar surface area (TPSA) is 79.4 Å². The van der Waals surface area contributed by atoms with Gasteiger partial charge in [-0.25, -0.2) is 4.98 Å². The summed E-state index contributed by atoms with van der Waals surface area (Å²) in [5.74, 6) is 0.299. The van der Waals surface area contributed by atoms with Gasteiger partial charge in [-0.1, -0.05) is 29.8 Å². The lowest BCUT2D eigenvalue weighted by Gasteiger charge is -2.17. The van der Waals surface area contributed by atoms with Gasteiger partial charge in [0.2, 0.25) is 0 Å². The number of hydrogen-bond donors (Lipinski definition) is 1. The molecule has 0 unspecified atom stereocenters. The van der Waals surface area contributed by atoms with Crippen LogP contribution in [0.2, 0.25) is 5.02 Å². The Morgan fingerprint density at radius 3 is 2.57 bits per heavy atom. The third-order valence-corrected chi connectivity index (χ3v) is 5.51. The summed E-state index contributed by atoms with van der Waals surface area (Å²) >= 11 is 5.93. The van der Waals surface area contributed by atoms with Gasteiger partial charge in [0.25, 0.3) is 0 Å². The summed E-state index contributed by atoms with van der Waals surface area (Å²) in [7, 11) is 0. The predicted octanol–water partition coefficient (Wildman–Crippen LogP) is 5.71. The second kappa shape index (κ2) is 12.1. The molecule has 188 valence electrons. The highest BCUT2D eigenvalue weighted by Gasteiger charge is 2.36. The van der Waals surface area contributed by atoms with E-state index in [0.717, 1.165) is 10.8 Å². The molecule has 1 heterocycles. The van der Waals surface area contributed by atoms with Crippen molar-refractivity contribution in [2.24, 2.45) is 5.73 Å². The minimum atomic E-state index is -4.58. The van der Waals surface area contributed by atoms with Crippen LogP contribution in [0.4, 0.5) is 13.2 Å². The smallest absolute Gasteiger partial charge is 0.433 e. The SMILES string of the molecule is CCOC(=O)C[C@H](N)CCCOc1ccccc1Cn1c(C(F)(F)F)cnc1-c1ccc(Cl)cc1. The number of benzene rings is 2. The summed E-state index contributed by atoms with van der Waals surface area (Å²) in [6, 6.07) is 13.0. The zero-order chi connectivity index (χ0) is 25.4. The van der Waals surface area contributed by atoms with Gasteiger partial charge in [0.15, 0.2) is 0 Å². The number of nitrogens with zero attached hydrogens (tertiary/aromatic N) is 2. The van der Waals surface area contributed by atoms with Crippen molar-refractivity contribution in [1.29, 1.82) is 0 Å². The highest BCUT2D eigenvalue weighted by atomic mass is 35.5. The third-order valence-electron chi connectivity index (χ3n) is 5.26. The van der Waals surface area contributed by atoms with Crippen molar-refractivity contribution in [3.8, 4) is 17.1 Å². The molecular weight excluding hydrogens is 483 g/mol. The number of carbonyl (C=O) groups is 1. The Balaban J connectivity index is 1.74. The second-order valence-corrected chi connectivity index (χ2v) is 8.36. The number of esters is 1. The summed E-state index contributed by atoms with van der Waals surface area (Å²) < 4.78 is 53.1. The van der Waals surface area contributed by atoms with Gasteiger partial charge >= 0.3 is 12.1 Å². The summed E-state index contributed by atoms with van der Waals surface area (Å²) in [6.07, 6.45) is -2.51. The molecule has 0 saturated heterocycles. The van der Waals surface area contributed by atoms with Crippen molar-refractivity contribution < 1.29 is 27.4 Å². The fourth-order valence-electron chi connectivity index (χ4n) is 3.60. The average Bonchev–Trinajstić information content (AvgIpc) is 3.22. The number of imidazole rings is 1. The Morgan fingerprint density at radius 1 is 1.17 bits per heavy atom. The van der Waals surface area contributed by atoms with Crippen molar-refractivity contribution in [2.45, 2.75) is 44.9 Å². The molecule has 2 N–H and O–H groups in total. The number of halogens is 4. The van der Waals surface area contributed by atoms with Crippen LogP contribution in [0, 0.1) is 0 Å². The van der Waals surface area contributed by atoms with Crippen LogP contribution >= 0.6 is 11.6 Å². The van der Waals surface area contributed by atoms with Crippen LogP contribution in [0.3, 0.4) is 0 Å². The van der Waals surface area contributed by atoms with Gasteiger partial charge in [-0.3, -0.25) is 4.79 Å². The highest BCUT2D eigenvalue weighted by molar-refractivity contribution is 6.30. The van der Waals surface area contributed by atoms with E-state index in [1.807, 2.05) is 0 Å². The molecule has 0 aliphatic rings. The molecule has 0 bridgehead atoms. The van der Waals surface area contributed by atoms with Gasteiger partial charge in [0.05, 0.1) is 32.4 Å². The third kappa shape index (κ3) is 7.47. The molecule has 0 aliphatic carbocycles. The molecule has 3 rings (SSSR count). The molecule has 0 radical (unpaired) electrons. The molecule has 1 aromatic heterocycles. The van der Waals surface area contributed by atoms with Crippen molar-refractivity contribution in [3.63, 3.8) is 0 Å². The first-order chi connectivity index (χ1) is 16.7. The van der Waals surface area contributed by atoms with E-state index in [0.29, 0.717) is 48.0 Å². The Hall–Kier alpha value is -3.04. The average molecular weight is 510 g/mol. The Morgan fingerprint density at radius 2 is 1.89 bits per heavy atom. The Kier molecular flexibility index (Phi) is 9.17. The van der Waals surface area contributed by atoms with Gasteiger partial charge in [-0.15, -0.1) is 0 Å². The molecule has 1 atom stereocenters. The quantitative estimate of drug-likeness (QED) is 0.264. The largest absolute Gasteiger partial charge is 0.493 e. The fourth-order valence-corrected chi connectivity index (χ4v) is 3.73. The molecule has 6 nitrogen and oxygen atoms in total. The molecule has 0 aliphatic heterocycles. The summed E-state index contributed by atoms with van der Waals surface area (Å²) in [5.41, 5.74) is 6.19. The molecule has 0 fully saturated rings. The zero-order valence-electron chi connectivity index (χ0n) is 19.2. The monoisotopic (exact) mass is 509 g/mol. The van der Waals surface area contributed by atoms with Crippen LogP contribution < -0.4 is 10.5 Å². The maximum Gasteiger partial charge on any atom is 0.433 e. The van der Waals surface area contributed by atoms with E-state index in [-0.39, 0.29) is 30.8 Å². The predicted molar refractivity (Wildman–Crippen MR) is 127 cm³/mol. The number of alkyl halides is 3. The lowest BCUT2D eigenvalue weighted by molar-refractivity contribution is -0.144. The molecular formula is C25H27ClF3N3O3. The fraction of sp³-hybridized carbons (Fsp3) is 0.360. The number of ether oxygens (including phenoxy) is 2. The van der Waals surface area contributed by atoms with Gasteiger partial charge < -0.3 is 19.8 Å². The number of aromatic nitrogens is 2. The van der Waals surface area contributed by atoms with Crippen LogP contribution in [0.15, 0.2) is 54.7 Å². The van der Waals surface area contributed by atoms with E-state index < -0.39 is 11.9 Å². The number of para-hydroxylation sites is 1. The molecule has 0 saturated carbocycles. The zero-order valence-corrected chi connectivity index (χ0v) is 20.0. The number of hydrogen-bond acceptors (Lipinski definition) is 5. The molecule has 0 amide bonds. The number of rotatable bonds is 11. The van der Waals surface area contributed by atoms with E-state index in [9.17, 15) is 18.0 Å². The van der Waals surface area contributed by atoms with Crippen molar-refractivity contribution in [2.75, 3.05) is 13.2 Å². The Bertz CT molecular complexity index is 1120. The van der Waals surface area contributed by atoms with Crippen LogP contribution in [0.25, 0.3) is 11.4 Å². The standard InChI is InChI=1S/C25H27ClF3N3O3/c1-2-34-23(33)14-20(30)7-5-13-35-21-8-4-3-6-18(21)16-32-22(25(27,28)29)15-31-24(32)17-9-11-19(26)12-10-17/h3-4,6,8-12,15,20H,2,5,7,13-14,16,30H2,1H3/t20-/m1/s1. The first kappa shape index (κ1) is 26.6. The van der Waals surface area contributed by atoms with Crippen molar-refractivity contribution in [3.05, 3.63) is 71.0 Å². The summed E-state index contributed by atoms with van der Waals surface area (Å²) in [6.45, 7) is 2.24. The Labute approximate surface area is 206 Å². The summed E-state index contributed by atoms with van der Waals surface area (Å²) in [4.78, 5) is 15.6. The maximum absolute atomic E-state index is 13.7. The first-order valence-corrected chi connectivity index (χ1v) is 11.6. The lowest BCUT2D eigenvalue weighted by atomic mass is 10.1. The molecule has 10 heteroatoms.